The summed E-state index contributed by atoms with van der Waals surface area (Å²) in [7, 11) is 0. The van der Waals surface area contributed by atoms with Crippen LogP contribution in [0.4, 0.5) is 17.1 Å². The maximum Gasteiger partial charge on any atom is 0.143 e. The summed E-state index contributed by atoms with van der Waals surface area (Å²) in [6.45, 7) is 0. The van der Waals surface area contributed by atoms with Crippen LogP contribution in [-0.2, 0) is 0 Å². The summed E-state index contributed by atoms with van der Waals surface area (Å²) in [5, 5.41) is 13.9. The number of hydrogen-bond acceptors (Lipinski definition) is 3. The van der Waals surface area contributed by atoms with E-state index in [1.807, 2.05) is 54.6 Å². The van der Waals surface area contributed by atoms with Crippen LogP contribution >= 0.6 is 23.2 Å². The van der Waals surface area contributed by atoms with Gasteiger partial charge < -0.3 is 10.4 Å². The van der Waals surface area contributed by atoms with E-state index in [-0.39, 0.29) is 10.8 Å². The number of halogens is 2. The zero-order valence-electron chi connectivity index (χ0n) is 12.6. The fourth-order valence-corrected chi connectivity index (χ4v) is 2.66. The SMILES string of the molecule is Oc1c(Cl)cc(Cl)cc1/C=N/c1ccc(Nc2ccccc2)cc1. The molecule has 0 radical (unpaired) electrons. The van der Waals surface area contributed by atoms with Crippen LogP contribution in [0, 0.1) is 0 Å². The van der Waals surface area contributed by atoms with Crippen LogP contribution in [0.2, 0.25) is 10.0 Å². The number of aliphatic imine (C=N–C) groups is 1. The minimum Gasteiger partial charge on any atom is -0.506 e. The van der Waals surface area contributed by atoms with Crippen molar-refractivity contribution >= 4 is 46.5 Å². The van der Waals surface area contributed by atoms with Crippen molar-refractivity contribution < 1.29 is 5.11 Å². The Hall–Kier alpha value is -2.49. The van der Waals surface area contributed by atoms with Gasteiger partial charge in [-0.3, -0.25) is 4.99 Å². The fourth-order valence-electron chi connectivity index (χ4n) is 2.15. The van der Waals surface area contributed by atoms with E-state index in [1.165, 1.54) is 12.3 Å². The predicted octanol–water partition coefficient (Wildman–Crippen LogP) is 6.19. The summed E-state index contributed by atoms with van der Waals surface area (Å²) in [4.78, 5) is 4.34. The van der Waals surface area contributed by atoms with Gasteiger partial charge in [0.15, 0.2) is 0 Å². The molecule has 3 aromatic rings. The first-order valence-corrected chi connectivity index (χ1v) is 8.01. The van der Waals surface area contributed by atoms with Crippen LogP contribution in [-0.4, -0.2) is 11.3 Å². The number of rotatable bonds is 4. The van der Waals surface area contributed by atoms with Crippen molar-refractivity contribution in [2.24, 2.45) is 4.99 Å². The van der Waals surface area contributed by atoms with E-state index in [0.29, 0.717) is 10.6 Å². The molecule has 24 heavy (non-hydrogen) atoms. The number of nitrogens with zero attached hydrogens (tertiary/aromatic N) is 1. The Bertz CT molecular complexity index is 863. The van der Waals surface area contributed by atoms with E-state index in [4.69, 9.17) is 23.2 Å². The number of anilines is 2. The molecular weight excluding hydrogens is 343 g/mol. The lowest BCUT2D eigenvalue weighted by Gasteiger charge is -2.06. The van der Waals surface area contributed by atoms with Crippen molar-refractivity contribution in [2.45, 2.75) is 0 Å². The molecule has 0 atom stereocenters. The summed E-state index contributed by atoms with van der Waals surface area (Å²) in [5.41, 5.74) is 3.21. The number of phenols is 1. The Balaban J connectivity index is 1.75. The number of aromatic hydroxyl groups is 1. The van der Waals surface area contributed by atoms with Gasteiger partial charge in [-0.25, -0.2) is 0 Å². The molecule has 0 aromatic heterocycles. The van der Waals surface area contributed by atoms with Crippen molar-refractivity contribution in [3.8, 4) is 5.75 Å². The minimum absolute atomic E-state index is 0.0350. The highest BCUT2D eigenvalue weighted by molar-refractivity contribution is 6.36. The predicted molar refractivity (Wildman–Crippen MR) is 102 cm³/mol. The van der Waals surface area contributed by atoms with Crippen LogP contribution < -0.4 is 5.32 Å². The van der Waals surface area contributed by atoms with Gasteiger partial charge in [-0.2, -0.15) is 0 Å². The van der Waals surface area contributed by atoms with E-state index >= 15 is 0 Å². The summed E-state index contributed by atoms with van der Waals surface area (Å²) in [6.07, 6.45) is 1.53. The van der Waals surface area contributed by atoms with Crippen molar-refractivity contribution in [3.63, 3.8) is 0 Å². The monoisotopic (exact) mass is 356 g/mol. The number of hydrogen-bond donors (Lipinski definition) is 2. The van der Waals surface area contributed by atoms with Crippen molar-refractivity contribution in [3.05, 3.63) is 82.3 Å². The van der Waals surface area contributed by atoms with Crippen molar-refractivity contribution in [2.75, 3.05) is 5.32 Å². The zero-order valence-corrected chi connectivity index (χ0v) is 14.1. The van der Waals surface area contributed by atoms with Gasteiger partial charge in [0.1, 0.15) is 5.75 Å². The van der Waals surface area contributed by atoms with Gasteiger partial charge in [-0.1, -0.05) is 41.4 Å². The first kappa shape index (κ1) is 16.4. The number of nitrogens with one attached hydrogen (secondary N) is 1. The Labute approximate surface area is 150 Å². The van der Waals surface area contributed by atoms with Gasteiger partial charge in [0.2, 0.25) is 0 Å². The first-order valence-electron chi connectivity index (χ1n) is 7.26. The summed E-state index contributed by atoms with van der Waals surface area (Å²) in [6, 6.07) is 20.6. The molecule has 0 aliphatic rings. The summed E-state index contributed by atoms with van der Waals surface area (Å²) >= 11 is 11.8. The Morgan fingerprint density at radius 2 is 1.54 bits per heavy atom. The molecule has 120 valence electrons. The average molecular weight is 357 g/mol. The number of phenolic OH excluding ortho intramolecular Hbond substituents is 1. The topological polar surface area (TPSA) is 44.6 Å². The van der Waals surface area contributed by atoms with Gasteiger partial charge >= 0.3 is 0 Å². The average Bonchev–Trinajstić information content (AvgIpc) is 2.59. The normalized spacial score (nSPS) is 10.9. The fraction of sp³-hybridized carbons (Fsp3) is 0. The van der Waals surface area contributed by atoms with Crippen molar-refractivity contribution in [1.82, 2.24) is 0 Å². The lowest BCUT2D eigenvalue weighted by molar-refractivity contribution is 0.475. The Morgan fingerprint density at radius 1 is 0.875 bits per heavy atom. The third-order valence-corrected chi connectivity index (χ3v) is 3.85. The van der Waals surface area contributed by atoms with E-state index < -0.39 is 0 Å². The summed E-state index contributed by atoms with van der Waals surface area (Å²) < 4.78 is 0. The highest BCUT2D eigenvalue weighted by atomic mass is 35.5. The minimum atomic E-state index is -0.0350. The molecule has 0 saturated carbocycles. The van der Waals surface area contributed by atoms with E-state index in [0.717, 1.165) is 17.1 Å². The van der Waals surface area contributed by atoms with Crippen LogP contribution in [0.5, 0.6) is 5.75 Å². The van der Waals surface area contributed by atoms with Gasteiger partial charge in [-0.15, -0.1) is 0 Å². The molecule has 0 bridgehead atoms. The Morgan fingerprint density at radius 3 is 2.25 bits per heavy atom. The van der Waals surface area contributed by atoms with Crippen molar-refractivity contribution in [1.29, 1.82) is 0 Å². The highest BCUT2D eigenvalue weighted by Crippen LogP contribution is 2.30. The van der Waals surface area contributed by atoms with E-state index in [2.05, 4.69) is 10.3 Å². The zero-order chi connectivity index (χ0) is 16.9. The molecule has 3 rings (SSSR count). The lowest BCUT2D eigenvalue weighted by Crippen LogP contribution is -1.88. The van der Waals surface area contributed by atoms with Crippen LogP contribution in [0.3, 0.4) is 0 Å². The van der Waals surface area contributed by atoms with Crippen LogP contribution in [0.25, 0.3) is 0 Å². The molecule has 5 heteroatoms. The molecule has 0 spiro atoms. The summed E-state index contributed by atoms with van der Waals surface area (Å²) in [5.74, 6) is -0.0350. The third kappa shape index (κ3) is 4.07. The standard InChI is InChI=1S/C19H14Cl2N2O/c20-14-10-13(19(24)18(21)11-14)12-22-15-6-8-17(9-7-15)23-16-4-2-1-3-5-16/h1-12,23-24H/b22-12+. The lowest BCUT2D eigenvalue weighted by atomic mass is 10.2. The van der Waals surface area contributed by atoms with E-state index in [1.54, 1.807) is 6.07 Å². The molecule has 0 fully saturated rings. The van der Waals surface area contributed by atoms with Gasteiger partial charge in [0.25, 0.3) is 0 Å². The molecule has 0 aliphatic carbocycles. The maximum absolute atomic E-state index is 9.92. The van der Waals surface area contributed by atoms with Gasteiger partial charge in [0, 0.05) is 28.2 Å². The van der Waals surface area contributed by atoms with Crippen LogP contribution in [0.15, 0.2) is 71.7 Å². The first-order chi connectivity index (χ1) is 11.6. The highest BCUT2D eigenvalue weighted by Gasteiger charge is 2.05. The second kappa shape index (κ2) is 7.39. The molecule has 0 heterocycles. The smallest absolute Gasteiger partial charge is 0.143 e. The largest absolute Gasteiger partial charge is 0.506 e. The maximum atomic E-state index is 9.92. The van der Waals surface area contributed by atoms with Gasteiger partial charge in [-0.05, 0) is 48.5 Å². The number of para-hydroxylation sites is 1. The molecule has 3 aromatic carbocycles. The second-order valence-electron chi connectivity index (χ2n) is 5.12. The number of benzene rings is 3. The quantitative estimate of drug-likeness (QED) is 0.547. The second-order valence-corrected chi connectivity index (χ2v) is 5.97. The third-order valence-electron chi connectivity index (χ3n) is 3.34. The Kier molecular flexibility index (Phi) is 5.04. The molecule has 3 nitrogen and oxygen atoms in total. The van der Waals surface area contributed by atoms with E-state index in [9.17, 15) is 5.11 Å². The molecular formula is C19H14Cl2N2O. The molecule has 2 N–H and O–H groups in total. The van der Waals surface area contributed by atoms with Gasteiger partial charge in [0.05, 0.1) is 10.7 Å². The van der Waals surface area contributed by atoms with Crippen LogP contribution in [0.1, 0.15) is 5.56 Å². The molecule has 0 unspecified atom stereocenters. The molecule has 0 aliphatic heterocycles. The molecule has 0 amide bonds. The molecule has 0 saturated heterocycles.